The fraction of sp³-hybridized carbons (Fsp3) is 0.615. The van der Waals surface area contributed by atoms with Gasteiger partial charge in [-0.3, -0.25) is 0 Å². The second-order valence-corrected chi connectivity index (χ2v) is 6.36. The van der Waals surface area contributed by atoms with Crippen molar-refractivity contribution >= 4 is 22.0 Å². The Morgan fingerprint density at radius 3 is 2.71 bits per heavy atom. The Bertz CT molecular complexity index is 342. The maximum absolute atomic E-state index is 11.6. The summed E-state index contributed by atoms with van der Waals surface area (Å²) in [6, 6.07) is -0.0268. The van der Waals surface area contributed by atoms with Crippen LogP contribution in [0.3, 0.4) is 0 Å². The molecule has 0 aromatic rings. The maximum Gasteiger partial charge on any atom is 0.408 e. The molecule has 1 aliphatic rings. The minimum atomic E-state index is -0.457. The third-order valence-corrected chi connectivity index (χ3v) is 2.99. The lowest BCUT2D eigenvalue weighted by atomic mass is 10.0. The smallest absolute Gasteiger partial charge is 0.408 e. The molecule has 0 fully saturated rings. The number of ether oxygens (including phenoxy) is 1. The zero-order chi connectivity index (χ0) is 13.1. The fourth-order valence-electron chi connectivity index (χ4n) is 1.50. The Kier molecular flexibility index (Phi) is 4.80. The molecular formula is C13H20BrNO2. The molecule has 0 saturated carbocycles. The average Bonchev–Trinajstić information content (AvgIpc) is 2.15. The first-order valence-electron chi connectivity index (χ1n) is 5.80. The van der Waals surface area contributed by atoms with E-state index in [1.807, 2.05) is 33.8 Å². The highest BCUT2D eigenvalue weighted by molar-refractivity contribution is 9.09. The van der Waals surface area contributed by atoms with E-state index in [0.29, 0.717) is 4.83 Å². The zero-order valence-electron chi connectivity index (χ0n) is 10.8. The lowest BCUT2D eigenvalue weighted by molar-refractivity contribution is 0.0516. The molecule has 0 radical (unpaired) electrons. The first kappa shape index (κ1) is 14.3. The Hall–Kier alpha value is -0.770. The number of nitrogens with one attached hydrogen (secondary N) is 1. The zero-order valence-corrected chi connectivity index (χ0v) is 12.4. The number of alkyl carbamates (subject to hydrolysis) is 1. The standard InChI is InChI=1S/C13H20BrNO2/c1-9(10-5-7-11(14)8-6-10)15-12(16)17-13(2,3)4/h5-7,9,11H,8H2,1-4H3,(H,15,16). The second-order valence-electron chi connectivity index (χ2n) is 5.18. The van der Waals surface area contributed by atoms with Crippen LogP contribution in [0.15, 0.2) is 23.8 Å². The van der Waals surface area contributed by atoms with Gasteiger partial charge in [-0.15, -0.1) is 0 Å². The van der Waals surface area contributed by atoms with Gasteiger partial charge in [0.15, 0.2) is 0 Å². The van der Waals surface area contributed by atoms with Crippen molar-refractivity contribution in [3.05, 3.63) is 23.8 Å². The van der Waals surface area contributed by atoms with Gasteiger partial charge in [0.1, 0.15) is 5.60 Å². The number of hydrogen-bond donors (Lipinski definition) is 1. The van der Waals surface area contributed by atoms with Crippen LogP contribution in [0, 0.1) is 0 Å². The molecule has 0 aromatic heterocycles. The number of carbonyl (C=O) groups is 1. The van der Waals surface area contributed by atoms with E-state index in [4.69, 9.17) is 4.74 Å². The van der Waals surface area contributed by atoms with Gasteiger partial charge >= 0.3 is 6.09 Å². The van der Waals surface area contributed by atoms with Crippen molar-refractivity contribution in [3.8, 4) is 0 Å². The predicted octanol–water partition coefficient (Wildman–Crippen LogP) is 3.55. The largest absolute Gasteiger partial charge is 0.444 e. The number of rotatable bonds is 2. The molecule has 1 amide bonds. The molecule has 3 nitrogen and oxygen atoms in total. The van der Waals surface area contributed by atoms with Crippen LogP contribution in [0.25, 0.3) is 0 Å². The third-order valence-electron chi connectivity index (χ3n) is 2.31. The SMILES string of the molecule is CC(NC(=O)OC(C)(C)C)C1=CCC(Br)C=C1. The van der Waals surface area contributed by atoms with Crippen LogP contribution < -0.4 is 5.32 Å². The lowest BCUT2D eigenvalue weighted by Crippen LogP contribution is -2.38. The fourth-order valence-corrected chi connectivity index (χ4v) is 1.84. The first-order valence-corrected chi connectivity index (χ1v) is 6.71. The van der Waals surface area contributed by atoms with Crippen LogP contribution in [0.5, 0.6) is 0 Å². The second kappa shape index (κ2) is 5.71. The summed E-state index contributed by atoms with van der Waals surface area (Å²) in [5, 5.41) is 2.82. The molecule has 1 N–H and O–H groups in total. The number of hydrogen-bond acceptors (Lipinski definition) is 2. The molecule has 2 atom stereocenters. The number of allylic oxidation sites excluding steroid dienone is 2. The molecule has 0 saturated heterocycles. The van der Waals surface area contributed by atoms with Crippen molar-refractivity contribution in [2.45, 2.75) is 50.6 Å². The van der Waals surface area contributed by atoms with Crippen molar-refractivity contribution in [1.29, 1.82) is 0 Å². The van der Waals surface area contributed by atoms with Crippen molar-refractivity contribution in [3.63, 3.8) is 0 Å². The van der Waals surface area contributed by atoms with Gasteiger partial charge in [-0.1, -0.05) is 34.2 Å². The summed E-state index contributed by atoms with van der Waals surface area (Å²) in [6.45, 7) is 7.51. The van der Waals surface area contributed by atoms with E-state index in [9.17, 15) is 4.79 Å². The van der Waals surface area contributed by atoms with Gasteiger partial charge in [0.05, 0.1) is 6.04 Å². The normalized spacial score (nSPS) is 21.7. The summed E-state index contributed by atoms with van der Waals surface area (Å²) < 4.78 is 5.21. The number of halogens is 1. The molecular weight excluding hydrogens is 282 g/mol. The van der Waals surface area contributed by atoms with E-state index < -0.39 is 5.60 Å². The van der Waals surface area contributed by atoms with Crippen LogP contribution >= 0.6 is 15.9 Å². The topological polar surface area (TPSA) is 38.3 Å². The molecule has 0 aromatic carbocycles. The van der Waals surface area contributed by atoms with Crippen LogP contribution in [-0.4, -0.2) is 22.6 Å². The van der Waals surface area contributed by atoms with Gasteiger partial charge in [0.2, 0.25) is 0 Å². The highest BCUT2D eigenvalue weighted by Gasteiger charge is 2.19. The molecule has 4 heteroatoms. The average molecular weight is 302 g/mol. The minimum absolute atomic E-state index is 0.0268. The maximum atomic E-state index is 11.6. The van der Waals surface area contributed by atoms with Gasteiger partial charge in [-0.2, -0.15) is 0 Å². The van der Waals surface area contributed by atoms with E-state index in [2.05, 4.69) is 33.4 Å². The number of amides is 1. The predicted molar refractivity (Wildman–Crippen MR) is 73.4 cm³/mol. The number of carbonyl (C=O) groups excluding carboxylic acids is 1. The number of alkyl halides is 1. The first-order chi connectivity index (χ1) is 7.78. The van der Waals surface area contributed by atoms with E-state index >= 15 is 0 Å². The molecule has 0 aliphatic heterocycles. The van der Waals surface area contributed by atoms with Crippen molar-refractivity contribution in [1.82, 2.24) is 5.32 Å². The lowest BCUT2D eigenvalue weighted by Gasteiger charge is -2.23. The van der Waals surface area contributed by atoms with Gasteiger partial charge in [-0.25, -0.2) is 4.79 Å². The van der Waals surface area contributed by atoms with Crippen molar-refractivity contribution in [2.24, 2.45) is 0 Å². The quantitative estimate of drug-likeness (QED) is 0.792. The molecule has 96 valence electrons. The monoisotopic (exact) mass is 301 g/mol. The molecule has 0 bridgehead atoms. The molecule has 2 unspecified atom stereocenters. The summed E-state index contributed by atoms with van der Waals surface area (Å²) in [5.41, 5.74) is 0.660. The summed E-state index contributed by atoms with van der Waals surface area (Å²) in [5.74, 6) is 0. The Morgan fingerprint density at radius 1 is 1.59 bits per heavy atom. The molecule has 1 rings (SSSR count). The van der Waals surface area contributed by atoms with Crippen LogP contribution in [0.2, 0.25) is 0 Å². The summed E-state index contributed by atoms with van der Waals surface area (Å²) >= 11 is 3.51. The molecule has 0 heterocycles. The van der Waals surface area contributed by atoms with Gasteiger partial charge in [-0.05, 0) is 39.7 Å². The highest BCUT2D eigenvalue weighted by Crippen LogP contribution is 2.19. The van der Waals surface area contributed by atoms with E-state index in [1.54, 1.807) is 0 Å². The van der Waals surface area contributed by atoms with Gasteiger partial charge in [0.25, 0.3) is 0 Å². The van der Waals surface area contributed by atoms with Crippen molar-refractivity contribution < 1.29 is 9.53 Å². The van der Waals surface area contributed by atoms with Gasteiger partial charge in [0, 0.05) is 4.83 Å². The summed E-state index contributed by atoms with van der Waals surface area (Å²) in [7, 11) is 0. The highest BCUT2D eigenvalue weighted by atomic mass is 79.9. The van der Waals surface area contributed by atoms with Gasteiger partial charge < -0.3 is 10.1 Å². The van der Waals surface area contributed by atoms with Crippen LogP contribution in [0.4, 0.5) is 4.79 Å². The molecule has 17 heavy (non-hydrogen) atoms. The molecule has 1 aliphatic carbocycles. The third kappa shape index (κ3) is 5.39. The summed E-state index contributed by atoms with van der Waals surface area (Å²) in [6.07, 6.45) is 6.82. The van der Waals surface area contributed by atoms with Crippen LogP contribution in [0.1, 0.15) is 34.1 Å². The van der Waals surface area contributed by atoms with E-state index in [1.165, 1.54) is 0 Å². The Labute approximate surface area is 111 Å². The minimum Gasteiger partial charge on any atom is -0.444 e. The van der Waals surface area contributed by atoms with Crippen molar-refractivity contribution in [2.75, 3.05) is 0 Å². The Morgan fingerprint density at radius 2 is 2.24 bits per heavy atom. The Balaban J connectivity index is 2.47. The molecule has 0 spiro atoms. The van der Waals surface area contributed by atoms with Crippen LogP contribution in [-0.2, 0) is 4.74 Å². The summed E-state index contributed by atoms with van der Waals surface area (Å²) in [4.78, 5) is 12.0. The van der Waals surface area contributed by atoms with E-state index in [-0.39, 0.29) is 12.1 Å². The van der Waals surface area contributed by atoms with E-state index in [0.717, 1.165) is 12.0 Å².